The molecule has 0 fully saturated rings. The van der Waals surface area contributed by atoms with Crippen LogP contribution in [-0.4, -0.2) is 21.7 Å². The van der Waals surface area contributed by atoms with Gasteiger partial charge < -0.3 is 9.84 Å². The first-order valence-electron chi connectivity index (χ1n) is 5.20. The number of aryl methyl sites for hydroxylation is 2. The Morgan fingerprint density at radius 1 is 1.38 bits per heavy atom. The number of pyridine rings is 1. The molecule has 0 radical (unpaired) electrons. The second-order valence-corrected chi connectivity index (χ2v) is 3.58. The van der Waals surface area contributed by atoms with Gasteiger partial charge in [-0.2, -0.15) is 4.98 Å². The molecular weight excluding hydrogens is 204 g/mol. The summed E-state index contributed by atoms with van der Waals surface area (Å²) in [4.78, 5) is 8.36. The molecule has 0 amide bonds. The van der Waals surface area contributed by atoms with Crippen LogP contribution in [0.1, 0.15) is 17.3 Å². The highest BCUT2D eigenvalue weighted by Crippen LogP contribution is 2.08. The predicted molar refractivity (Wildman–Crippen MR) is 60.2 cm³/mol. The van der Waals surface area contributed by atoms with E-state index in [-0.39, 0.29) is 0 Å². The maximum Gasteiger partial charge on any atom is 0.228 e. The third-order valence-corrected chi connectivity index (χ3v) is 2.21. The molecule has 0 spiro atoms. The Balaban J connectivity index is 1.87. The molecule has 2 aromatic rings. The second kappa shape index (κ2) is 4.74. The average molecular weight is 218 g/mol. The number of nitrogens with zero attached hydrogens (tertiary/aromatic N) is 3. The molecule has 84 valence electrons. The van der Waals surface area contributed by atoms with Gasteiger partial charge in [0.1, 0.15) is 5.82 Å². The summed E-state index contributed by atoms with van der Waals surface area (Å²) < 4.78 is 5.01. The molecule has 0 aromatic carbocycles. The quantitative estimate of drug-likeness (QED) is 0.846. The monoisotopic (exact) mass is 218 g/mol. The van der Waals surface area contributed by atoms with Crippen molar-refractivity contribution in [2.24, 2.45) is 0 Å². The fraction of sp³-hybridized carbons (Fsp3) is 0.364. The summed E-state index contributed by atoms with van der Waals surface area (Å²) in [6, 6.07) is 3.94. The van der Waals surface area contributed by atoms with Crippen LogP contribution in [0.5, 0.6) is 0 Å². The Bertz CT molecular complexity index is 467. The lowest BCUT2D eigenvalue weighted by atomic mass is 10.3. The Hall–Kier alpha value is -1.91. The molecule has 5 heteroatoms. The molecule has 0 aliphatic heterocycles. The van der Waals surface area contributed by atoms with E-state index >= 15 is 0 Å². The lowest BCUT2D eigenvalue weighted by Crippen LogP contribution is -2.07. The van der Waals surface area contributed by atoms with Crippen molar-refractivity contribution in [3.8, 4) is 0 Å². The topological polar surface area (TPSA) is 63.8 Å². The van der Waals surface area contributed by atoms with Gasteiger partial charge in [0.15, 0.2) is 5.82 Å². The molecule has 0 bridgehead atoms. The molecule has 0 saturated carbocycles. The van der Waals surface area contributed by atoms with Gasteiger partial charge in [0.05, 0.1) is 0 Å². The van der Waals surface area contributed by atoms with Crippen molar-refractivity contribution in [3.63, 3.8) is 0 Å². The van der Waals surface area contributed by atoms with Crippen molar-refractivity contribution < 1.29 is 4.52 Å². The van der Waals surface area contributed by atoms with Gasteiger partial charge in [-0.1, -0.05) is 11.2 Å². The summed E-state index contributed by atoms with van der Waals surface area (Å²) in [6.45, 7) is 4.56. The molecule has 2 aromatic heterocycles. The van der Waals surface area contributed by atoms with E-state index in [1.807, 2.05) is 26.0 Å². The van der Waals surface area contributed by atoms with Gasteiger partial charge in [0, 0.05) is 19.2 Å². The third kappa shape index (κ3) is 2.56. The third-order valence-electron chi connectivity index (χ3n) is 2.21. The Labute approximate surface area is 93.9 Å². The molecule has 2 heterocycles. The smallest absolute Gasteiger partial charge is 0.228 e. The molecule has 0 aliphatic rings. The first-order valence-corrected chi connectivity index (χ1v) is 5.20. The van der Waals surface area contributed by atoms with Gasteiger partial charge in [0.2, 0.25) is 5.89 Å². The SMILES string of the molecule is Cc1noc(CCNc2ncccc2C)n1. The number of aromatic nitrogens is 3. The van der Waals surface area contributed by atoms with Gasteiger partial charge in [-0.25, -0.2) is 4.98 Å². The number of hydrogen-bond donors (Lipinski definition) is 1. The van der Waals surface area contributed by atoms with Crippen LogP contribution in [0.15, 0.2) is 22.9 Å². The Kier molecular flexibility index (Phi) is 3.14. The van der Waals surface area contributed by atoms with Crippen LogP contribution in [-0.2, 0) is 6.42 Å². The molecule has 0 aliphatic carbocycles. The Morgan fingerprint density at radius 2 is 2.25 bits per heavy atom. The van der Waals surface area contributed by atoms with Crippen molar-refractivity contribution >= 4 is 5.82 Å². The van der Waals surface area contributed by atoms with E-state index in [1.54, 1.807) is 6.20 Å². The van der Waals surface area contributed by atoms with Crippen molar-refractivity contribution in [1.29, 1.82) is 0 Å². The normalized spacial score (nSPS) is 10.4. The van der Waals surface area contributed by atoms with E-state index in [0.29, 0.717) is 18.1 Å². The van der Waals surface area contributed by atoms with Crippen molar-refractivity contribution in [2.75, 3.05) is 11.9 Å². The number of rotatable bonds is 4. The zero-order valence-electron chi connectivity index (χ0n) is 9.40. The molecule has 0 unspecified atom stereocenters. The second-order valence-electron chi connectivity index (χ2n) is 3.58. The van der Waals surface area contributed by atoms with E-state index in [9.17, 15) is 0 Å². The van der Waals surface area contributed by atoms with Crippen LogP contribution >= 0.6 is 0 Å². The highest BCUT2D eigenvalue weighted by molar-refractivity contribution is 5.42. The van der Waals surface area contributed by atoms with Crippen LogP contribution in [0.2, 0.25) is 0 Å². The first kappa shape index (κ1) is 10.6. The minimum Gasteiger partial charge on any atom is -0.369 e. The largest absolute Gasteiger partial charge is 0.369 e. The molecule has 2 rings (SSSR count). The standard InChI is InChI=1S/C11H14N4O/c1-8-4-3-6-12-11(8)13-7-5-10-14-9(2)15-16-10/h3-4,6H,5,7H2,1-2H3,(H,12,13). The van der Waals surface area contributed by atoms with Gasteiger partial charge >= 0.3 is 0 Å². The van der Waals surface area contributed by atoms with E-state index in [4.69, 9.17) is 4.52 Å². The van der Waals surface area contributed by atoms with Crippen LogP contribution in [0.3, 0.4) is 0 Å². The van der Waals surface area contributed by atoms with Crippen molar-refractivity contribution in [3.05, 3.63) is 35.6 Å². The highest BCUT2D eigenvalue weighted by atomic mass is 16.5. The summed E-state index contributed by atoms with van der Waals surface area (Å²) in [5, 5.41) is 6.96. The van der Waals surface area contributed by atoms with Crippen molar-refractivity contribution in [1.82, 2.24) is 15.1 Å². The minimum absolute atomic E-state index is 0.651. The predicted octanol–water partition coefficient (Wildman–Crippen LogP) is 1.74. The number of anilines is 1. The molecule has 1 N–H and O–H groups in total. The fourth-order valence-electron chi connectivity index (χ4n) is 1.40. The maximum atomic E-state index is 5.01. The van der Waals surface area contributed by atoms with E-state index in [0.717, 1.165) is 17.9 Å². The molecular formula is C11H14N4O. The van der Waals surface area contributed by atoms with Crippen molar-refractivity contribution in [2.45, 2.75) is 20.3 Å². The maximum absolute atomic E-state index is 5.01. The lowest BCUT2D eigenvalue weighted by Gasteiger charge is -2.05. The summed E-state index contributed by atoms with van der Waals surface area (Å²) >= 11 is 0. The van der Waals surface area contributed by atoms with Crippen LogP contribution in [0, 0.1) is 13.8 Å². The Morgan fingerprint density at radius 3 is 2.94 bits per heavy atom. The van der Waals surface area contributed by atoms with Crippen LogP contribution in [0.4, 0.5) is 5.82 Å². The van der Waals surface area contributed by atoms with Crippen LogP contribution < -0.4 is 5.32 Å². The number of hydrogen-bond acceptors (Lipinski definition) is 5. The number of nitrogens with one attached hydrogen (secondary N) is 1. The summed E-state index contributed by atoms with van der Waals surface area (Å²) in [5.74, 6) is 2.22. The zero-order chi connectivity index (χ0) is 11.4. The van der Waals surface area contributed by atoms with E-state index in [1.165, 1.54) is 0 Å². The summed E-state index contributed by atoms with van der Waals surface area (Å²) in [5.41, 5.74) is 1.13. The summed E-state index contributed by atoms with van der Waals surface area (Å²) in [6.07, 6.45) is 2.48. The van der Waals surface area contributed by atoms with Gasteiger partial charge in [-0.3, -0.25) is 0 Å². The van der Waals surface area contributed by atoms with Gasteiger partial charge in [0.25, 0.3) is 0 Å². The molecule has 5 nitrogen and oxygen atoms in total. The average Bonchev–Trinajstić information content (AvgIpc) is 2.67. The molecule has 0 saturated heterocycles. The van der Waals surface area contributed by atoms with Gasteiger partial charge in [-0.05, 0) is 25.5 Å². The molecule has 16 heavy (non-hydrogen) atoms. The van der Waals surface area contributed by atoms with Crippen LogP contribution in [0.25, 0.3) is 0 Å². The fourth-order valence-corrected chi connectivity index (χ4v) is 1.40. The lowest BCUT2D eigenvalue weighted by molar-refractivity contribution is 0.377. The summed E-state index contributed by atoms with van der Waals surface area (Å²) in [7, 11) is 0. The zero-order valence-corrected chi connectivity index (χ0v) is 9.40. The highest BCUT2D eigenvalue weighted by Gasteiger charge is 2.02. The molecule has 0 atom stereocenters. The first-order chi connectivity index (χ1) is 7.75. The van der Waals surface area contributed by atoms with E-state index < -0.39 is 0 Å². The van der Waals surface area contributed by atoms with E-state index in [2.05, 4.69) is 20.4 Å². The minimum atomic E-state index is 0.651. The van der Waals surface area contributed by atoms with Gasteiger partial charge in [-0.15, -0.1) is 0 Å².